The number of ether oxygens (including phenoxy) is 1. The molecular weight excluding hydrogens is 438 g/mol. The van der Waals surface area contributed by atoms with Crippen LogP contribution in [0.4, 0.5) is 0 Å². The Bertz CT molecular complexity index is 1580. The molecule has 2 aliphatic rings. The maximum absolute atomic E-state index is 13.5. The van der Waals surface area contributed by atoms with Crippen LogP contribution < -0.4 is 0 Å². The molecule has 2 bridgehead atoms. The molecule has 4 aromatic rings. The van der Waals surface area contributed by atoms with Crippen LogP contribution in [0.3, 0.4) is 0 Å². The maximum Gasteiger partial charge on any atom is 0.269 e. The second-order valence-corrected chi connectivity index (χ2v) is 10.1. The van der Waals surface area contributed by atoms with Gasteiger partial charge >= 0.3 is 0 Å². The molecule has 33 heavy (non-hydrogen) atoms. The standard InChI is InChI=1S/C24H19N5O3S/c1-25-21-10-22-18(9-23(21)32-22)15-8-19-20(16-12-27-28(2)13-16)14-29(24(19)26-11-15)33(30,31)17-6-4-3-5-7-17/h3-9,11-14,21-23H,10H2,2H3/t21-,22+,23+/m0/s1. The van der Waals surface area contributed by atoms with Gasteiger partial charge in [0.15, 0.2) is 11.8 Å². The number of aromatic nitrogens is 4. The topological polar surface area (TPSA) is 83.4 Å². The molecule has 0 spiro atoms. The first-order valence-electron chi connectivity index (χ1n) is 10.5. The molecule has 6 rings (SSSR count). The second-order valence-electron chi connectivity index (χ2n) is 8.30. The molecule has 5 heterocycles. The summed E-state index contributed by atoms with van der Waals surface area (Å²) in [5.41, 5.74) is 3.76. The number of aryl methyl sites for hydroxylation is 1. The smallest absolute Gasteiger partial charge is 0.269 e. The van der Waals surface area contributed by atoms with E-state index in [-0.39, 0.29) is 23.1 Å². The van der Waals surface area contributed by atoms with Gasteiger partial charge in [-0.1, -0.05) is 18.2 Å². The van der Waals surface area contributed by atoms with Gasteiger partial charge in [0.25, 0.3) is 16.1 Å². The summed E-state index contributed by atoms with van der Waals surface area (Å²) in [7, 11) is -2.02. The van der Waals surface area contributed by atoms with Gasteiger partial charge < -0.3 is 9.58 Å². The van der Waals surface area contributed by atoms with E-state index < -0.39 is 10.0 Å². The zero-order valence-electron chi connectivity index (χ0n) is 17.7. The fourth-order valence-electron chi connectivity index (χ4n) is 4.65. The van der Waals surface area contributed by atoms with E-state index in [4.69, 9.17) is 11.3 Å². The Morgan fingerprint density at radius 2 is 1.97 bits per heavy atom. The van der Waals surface area contributed by atoms with Gasteiger partial charge in [0, 0.05) is 42.2 Å². The highest BCUT2D eigenvalue weighted by atomic mass is 32.2. The summed E-state index contributed by atoms with van der Waals surface area (Å²) in [6.07, 6.45) is 9.20. The number of nitrogens with zero attached hydrogens (tertiary/aromatic N) is 5. The minimum absolute atomic E-state index is 0.134. The molecule has 3 atom stereocenters. The summed E-state index contributed by atoms with van der Waals surface area (Å²) in [6.45, 7) is 7.33. The summed E-state index contributed by atoms with van der Waals surface area (Å²) in [5, 5.41) is 4.97. The third-order valence-electron chi connectivity index (χ3n) is 6.27. The van der Waals surface area contributed by atoms with E-state index in [0.717, 1.165) is 22.3 Å². The fourth-order valence-corrected chi connectivity index (χ4v) is 5.99. The monoisotopic (exact) mass is 457 g/mol. The minimum Gasteiger partial charge on any atom is -0.358 e. The summed E-state index contributed by atoms with van der Waals surface area (Å²) < 4.78 is 35.8. The van der Waals surface area contributed by atoms with Crippen LogP contribution in [0.1, 0.15) is 12.0 Å². The maximum atomic E-state index is 13.5. The van der Waals surface area contributed by atoms with Crippen LogP contribution in [0.25, 0.3) is 32.6 Å². The van der Waals surface area contributed by atoms with Crippen molar-refractivity contribution in [3.05, 3.63) is 84.2 Å². The molecule has 9 heteroatoms. The van der Waals surface area contributed by atoms with Crippen molar-refractivity contribution < 1.29 is 13.2 Å². The SMILES string of the molecule is [C-]#[N+][C@H]1C[C@H]2O[C@@H]1C=C2c1cnc2c(c1)c(-c1cnn(C)c1)cn2S(=O)(=O)c1ccccc1. The van der Waals surface area contributed by atoms with E-state index in [1.165, 1.54) is 3.97 Å². The van der Waals surface area contributed by atoms with Crippen molar-refractivity contribution in [2.75, 3.05) is 0 Å². The van der Waals surface area contributed by atoms with Gasteiger partial charge in [-0.25, -0.2) is 23.9 Å². The van der Waals surface area contributed by atoms with Crippen LogP contribution >= 0.6 is 0 Å². The lowest BCUT2D eigenvalue weighted by atomic mass is 9.91. The van der Waals surface area contributed by atoms with E-state index in [1.54, 1.807) is 53.6 Å². The fraction of sp³-hybridized carbons (Fsp3) is 0.208. The van der Waals surface area contributed by atoms with Crippen LogP contribution in [0, 0.1) is 6.57 Å². The molecular formula is C24H19N5O3S. The molecule has 3 aromatic heterocycles. The zero-order valence-corrected chi connectivity index (χ0v) is 18.5. The predicted octanol–water partition coefficient (Wildman–Crippen LogP) is 3.52. The Morgan fingerprint density at radius 3 is 2.64 bits per heavy atom. The van der Waals surface area contributed by atoms with Crippen LogP contribution in [-0.4, -0.2) is 45.4 Å². The molecule has 0 aliphatic carbocycles. The van der Waals surface area contributed by atoms with Crippen molar-refractivity contribution >= 4 is 26.6 Å². The van der Waals surface area contributed by atoms with E-state index >= 15 is 0 Å². The number of hydrogen-bond donors (Lipinski definition) is 0. The quantitative estimate of drug-likeness (QED) is 0.438. The first kappa shape index (κ1) is 19.9. The van der Waals surface area contributed by atoms with Gasteiger partial charge in [0.05, 0.1) is 23.6 Å². The highest BCUT2D eigenvalue weighted by molar-refractivity contribution is 7.90. The average molecular weight is 458 g/mol. The number of hydrogen-bond acceptors (Lipinski definition) is 5. The number of rotatable bonds is 4. The van der Waals surface area contributed by atoms with Crippen LogP contribution in [0.5, 0.6) is 0 Å². The van der Waals surface area contributed by atoms with E-state index in [1.807, 2.05) is 25.4 Å². The third-order valence-corrected chi connectivity index (χ3v) is 7.94. The van der Waals surface area contributed by atoms with Gasteiger partial charge in [0.1, 0.15) is 0 Å². The van der Waals surface area contributed by atoms with Crippen molar-refractivity contribution in [2.45, 2.75) is 29.6 Å². The van der Waals surface area contributed by atoms with Gasteiger partial charge in [-0.05, 0) is 35.4 Å². The first-order valence-corrected chi connectivity index (χ1v) is 11.9. The molecule has 0 saturated carbocycles. The van der Waals surface area contributed by atoms with Crippen LogP contribution in [0.2, 0.25) is 0 Å². The van der Waals surface area contributed by atoms with Gasteiger partial charge in [0.2, 0.25) is 0 Å². The van der Waals surface area contributed by atoms with Crippen molar-refractivity contribution in [3.8, 4) is 11.1 Å². The lowest BCUT2D eigenvalue weighted by Crippen LogP contribution is -2.16. The van der Waals surface area contributed by atoms with Crippen LogP contribution in [0.15, 0.2) is 72.2 Å². The lowest BCUT2D eigenvalue weighted by molar-refractivity contribution is 0.123. The Labute approximate surface area is 190 Å². The van der Waals surface area contributed by atoms with E-state index in [0.29, 0.717) is 17.5 Å². The first-order chi connectivity index (χ1) is 16.0. The van der Waals surface area contributed by atoms with Crippen molar-refractivity contribution in [1.82, 2.24) is 18.7 Å². The highest BCUT2D eigenvalue weighted by Gasteiger charge is 2.46. The van der Waals surface area contributed by atoms with Crippen molar-refractivity contribution in [3.63, 3.8) is 0 Å². The normalized spacial score (nSPS) is 21.9. The Hall–Kier alpha value is -3.74. The summed E-state index contributed by atoms with van der Waals surface area (Å²) in [4.78, 5) is 8.44. The molecule has 1 fully saturated rings. The molecule has 0 amide bonds. The van der Waals surface area contributed by atoms with Crippen molar-refractivity contribution in [1.29, 1.82) is 0 Å². The molecule has 0 N–H and O–H groups in total. The number of pyridine rings is 1. The molecule has 8 nitrogen and oxygen atoms in total. The van der Waals surface area contributed by atoms with Gasteiger partial charge in [-0.2, -0.15) is 5.10 Å². The van der Waals surface area contributed by atoms with Gasteiger partial charge in [-0.3, -0.25) is 4.68 Å². The number of fused-ring (bicyclic) bond motifs is 3. The van der Waals surface area contributed by atoms with Crippen LogP contribution in [-0.2, 0) is 21.8 Å². The largest absolute Gasteiger partial charge is 0.358 e. The summed E-state index contributed by atoms with van der Waals surface area (Å²) >= 11 is 0. The minimum atomic E-state index is -3.84. The molecule has 1 saturated heterocycles. The second kappa shape index (κ2) is 7.13. The molecule has 2 aliphatic heterocycles. The van der Waals surface area contributed by atoms with Gasteiger partial charge in [-0.15, -0.1) is 0 Å². The Morgan fingerprint density at radius 1 is 1.15 bits per heavy atom. The number of benzene rings is 1. The molecule has 0 radical (unpaired) electrons. The molecule has 1 aromatic carbocycles. The highest BCUT2D eigenvalue weighted by Crippen LogP contribution is 2.42. The summed E-state index contributed by atoms with van der Waals surface area (Å²) in [6, 6.07) is 10.1. The summed E-state index contributed by atoms with van der Waals surface area (Å²) in [5.74, 6) is 0. The molecule has 0 unspecified atom stereocenters. The van der Waals surface area contributed by atoms with Crippen molar-refractivity contribution in [2.24, 2.45) is 7.05 Å². The average Bonchev–Trinajstić information content (AvgIpc) is 3.61. The Kier molecular flexibility index (Phi) is 4.30. The predicted molar refractivity (Wildman–Crippen MR) is 123 cm³/mol. The lowest BCUT2D eigenvalue weighted by Gasteiger charge is -2.12. The zero-order chi connectivity index (χ0) is 22.7. The molecule has 164 valence electrons. The Balaban J connectivity index is 1.55. The van der Waals surface area contributed by atoms with E-state index in [9.17, 15) is 8.42 Å². The van der Waals surface area contributed by atoms with E-state index in [2.05, 4.69) is 14.9 Å². The third kappa shape index (κ3) is 3.03.